The number of nitrogens with one attached hydrogen (secondary N) is 2. The SMILES string of the molecule is CNC(=O)[C@]12CCOC[C@H]1CN(C(=O)Cc1c(C)n[nH]c1C)C2. The Kier molecular flexibility index (Phi) is 4.14. The summed E-state index contributed by atoms with van der Waals surface area (Å²) in [7, 11) is 1.66. The highest BCUT2D eigenvalue weighted by Crippen LogP contribution is 2.42. The van der Waals surface area contributed by atoms with Gasteiger partial charge >= 0.3 is 0 Å². The minimum Gasteiger partial charge on any atom is -0.381 e. The normalized spacial score (nSPS) is 26.9. The predicted octanol–water partition coefficient (Wildman–Crippen LogP) is 0.180. The summed E-state index contributed by atoms with van der Waals surface area (Å²) in [4.78, 5) is 27.0. The van der Waals surface area contributed by atoms with E-state index in [1.165, 1.54) is 0 Å². The summed E-state index contributed by atoms with van der Waals surface area (Å²) < 4.78 is 5.54. The van der Waals surface area contributed by atoms with E-state index in [0.29, 0.717) is 39.1 Å². The van der Waals surface area contributed by atoms with Crippen LogP contribution in [0.25, 0.3) is 0 Å². The molecule has 0 saturated carbocycles. The van der Waals surface area contributed by atoms with Crippen molar-refractivity contribution in [3.05, 3.63) is 17.0 Å². The van der Waals surface area contributed by atoms with Gasteiger partial charge in [0.25, 0.3) is 0 Å². The smallest absolute Gasteiger partial charge is 0.228 e. The Balaban J connectivity index is 1.77. The van der Waals surface area contributed by atoms with Crippen molar-refractivity contribution in [1.82, 2.24) is 20.4 Å². The number of amides is 2. The number of H-pyrrole nitrogens is 1. The van der Waals surface area contributed by atoms with Crippen LogP contribution < -0.4 is 5.32 Å². The Morgan fingerprint density at radius 1 is 1.48 bits per heavy atom. The monoisotopic (exact) mass is 320 g/mol. The molecule has 0 radical (unpaired) electrons. The zero-order chi connectivity index (χ0) is 16.6. The maximum atomic E-state index is 12.7. The number of hydrogen-bond acceptors (Lipinski definition) is 4. The Morgan fingerprint density at radius 2 is 2.26 bits per heavy atom. The van der Waals surface area contributed by atoms with E-state index in [1.807, 2.05) is 18.7 Å². The lowest BCUT2D eigenvalue weighted by atomic mass is 9.73. The van der Waals surface area contributed by atoms with E-state index in [4.69, 9.17) is 4.74 Å². The summed E-state index contributed by atoms with van der Waals surface area (Å²) in [6.07, 6.45) is 0.996. The zero-order valence-electron chi connectivity index (χ0n) is 13.9. The second-order valence-electron chi connectivity index (χ2n) is 6.62. The van der Waals surface area contributed by atoms with Crippen molar-refractivity contribution in [2.75, 3.05) is 33.4 Å². The second kappa shape index (κ2) is 5.96. The van der Waals surface area contributed by atoms with Crippen LogP contribution in [0.3, 0.4) is 0 Å². The first-order valence-corrected chi connectivity index (χ1v) is 8.06. The highest BCUT2D eigenvalue weighted by molar-refractivity contribution is 5.86. The van der Waals surface area contributed by atoms with Gasteiger partial charge in [0.15, 0.2) is 0 Å². The van der Waals surface area contributed by atoms with Crippen LogP contribution in [-0.2, 0) is 20.7 Å². The number of hydrogen-bond donors (Lipinski definition) is 2. The standard InChI is InChI=1S/C16H24N4O3/c1-10-13(11(2)19-18-10)6-14(21)20-7-12-8-23-5-4-16(12,9-20)15(22)17-3/h12H,4-9H2,1-3H3,(H,17,22)(H,18,19)/t12-,16+/m1/s1. The number of rotatable bonds is 3. The molecule has 1 aromatic heterocycles. The van der Waals surface area contributed by atoms with Crippen LogP contribution >= 0.6 is 0 Å². The molecule has 0 unspecified atom stereocenters. The first kappa shape index (κ1) is 16.0. The molecular formula is C16H24N4O3. The molecule has 1 aromatic rings. The van der Waals surface area contributed by atoms with Gasteiger partial charge in [-0.15, -0.1) is 0 Å². The minimum atomic E-state index is -0.497. The van der Waals surface area contributed by atoms with E-state index in [-0.39, 0.29) is 17.7 Å². The minimum absolute atomic E-state index is 0.0248. The van der Waals surface area contributed by atoms with Gasteiger partial charge in [-0.25, -0.2) is 0 Å². The predicted molar refractivity (Wildman–Crippen MR) is 83.8 cm³/mol. The average molecular weight is 320 g/mol. The van der Waals surface area contributed by atoms with Crippen LogP contribution in [0.5, 0.6) is 0 Å². The molecule has 0 spiro atoms. The van der Waals surface area contributed by atoms with Crippen LogP contribution in [0.2, 0.25) is 0 Å². The highest BCUT2D eigenvalue weighted by Gasteiger charge is 2.54. The van der Waals surface area contributed by atoms with Crippen molar-refractivity contribution in [3.63, 3.8) is 0 Å². The van der Waals surface area contributed by atoms with Gasteiger partial charge < -0.3 is 15.0 Å². The van der Waals surface area contributed by atoms with Gasteiger partial charge in [0, 0.05) is 43.9 Å². The largest absolute Gasteiger partial charge is 0.381 e. The van der Waals surface area contributed by atoms with Gasteiger partial charge in [-0.05, 0) is 20.3 Å². The Morgan fingerprint density at radius 3 is 2.91 bits per heavy atom. The molecule has 0 bridgehead atoms. The summed E-state index contributed by atoms with van der Waals surface area (Å²) in [6.45, 7) is 6.01. The Hall–Kier alpha value is -1.89. The third kappa shape index (κ3) is 2.63. The summed E-state index contributed by atoms with van der Waals surface area (Å²) in [5.41, 5.74) is 2.24. The molecule has 2 aliphatic rings. The topological polar surface area (TPSA) is 87.3 Å². The fraction of sp³-hybridized carbons (Fsp3) is 0.688. The molecule has 3 rings (SSSR count). The van der Waals surface area contributed by atoms with Crippen LogP contribution in [-0.4, -0.2) is 60.3 Å². The van der Waals surface area contributed by atoms with Crippen LogP contribution in [0.4, 0.5) is 0 Å². The molecular weight excluding hydrogens is 296 g/mol. The number of likely N-dealkylation sites (tertiary alicyclic amines) is 1. The lowest BCUT2D eigenvalue weighted by molar-refractivity contribution is -0.139. The lowest BCUT2D eigenvalue weighted by Gasteiger charge is -2.36. The van der Waals surface area contributed by atoms with Crippen molar-refractivity contribution in [3.8, 4) is 0 Å². The molecule has 7 nitrogen and oxygen atoms in total. The van der Waals surface area contributed by atoms with Gasteiger partial charge in [-0.2, -0.15) is 5.10 Å². The van der Waals surface area contributed by atoms with Gasteiger partial charge in [0.1, 0.15) is 0 Å². The van der Waals surface area contributed by atoms with Gasteiger partial charge in [0.05, 0.1) is 24.1 Å². The Bertz CT molecular complexity index is 607. The molecule has 2 saturated heterocycles. The quantitative estimate of drug-likeness (QED) is 0.832. The summed E-state index contributed by atoms with van der Waals surface area (Å²) in [6, 6.07) is 0. The van der Waals surface area contributed by atoms with E-state index in [2.05, 4.69) is 15.5 Å². The number of nitrogens with zero attached hydrogens (tertiary/aromatic N) is 2. The zero-order valence-corrected chi connectivity index (χ0v) is 13.9. The number of ether oxygens (including phenoxy) is 1. The molecule has 0 aromatic carbocycles. The third-order valence-electron chi connectivity index (χ3n) is 5.35. The second-order valence-corrected chi connectivity index (χ2v) is 6.62. The molecule has 2 amide bonds. The maximum absolute atomic E-state index is 12.7. The van der Waals surface area contributed by atoms with E-state index in [9.17, 15) is 9.59 Å². The average Bonchev–Trinajstić information content (AvgIpc) is 3.10. The Labute approximate surface area is 135 Å². The number of carbonyl (C=O) groups excluding carboxylic acids is 2. The van der Waals surface area contributed by atoms with Crippen molar-refractivity contribution >= 4 is 11.8 Å². The van der Waals surface area contributed by atoms with E-state index in [1.54, 1.807) is 7.05 Å². The van der Waals surface area contributed by atoms with Crippen LogP contribution in [0.15, 0.2) is 0 Å². The van der Waals surface area contributed by atoms with Crippen molar-refractivity contribution < 1.29 is 14.3 Å². The fourth-order valence-corrected chi connectivity index (χ4v) is 3.86. The summed E-state index contributed by atoms with van der Waals surface area (Å²) >= 11 is 0. The molecule has 2 atom stereocenters. The maximum Gasteiger partial charge on any atom is 0.228 e. The van der Waals surface area contributed by atoms with E-state index < -0.39 is 5.41 Å². The number of aromatic nitrogens is 2. The van der Waals surface area contributed by atoms with Crippen molar-refractivity contribution in [1.29, 1.82) is 0 Å². The molecule has 2 aliphatic heterocycles. The molecule has 2 N–H and O–H groups in total. The van der Waals surface area contributed by atoms with Crippen LogP contribution in [0, 0.1) is 25.2 Å². The van der Waals surface area contributed by atoms with Crippen molar-refractivity contribution in [2.24, 2.45) is 11.3 Å². The molecule has 126 valence electrons. The molecule has 23 heavy (non-hydrogen) atoms. The fourth-order valence-electron chi connectivity index (χ4n) is 3.86. The lowest BCUT2D eigenvalue weighted by Crippen LogP contribution is -2.49. The van der Waals surface area contributed by atoms with Gasteiger partial charge in [-0.1, -0.05) is 0 Å². The van der Waals surface area contributed by atoms with Crippen molar-refractivity contribution in [2.45, 2.75) is 26.7 Å². The van der Waals surface area contributed by atoms with Gasteiger partial charge in [0.2, 0.25) is 11.8 Å². The summed E-state index contributed by atoms with van der Waals surface area (Å²) in [5.74, 6) is 0.152. The van der Waals surface area contributed by atoms with E-state index in [0.717, 1.165) is 17.0 Å². The summed E-state index contributed by atoms with van der Waals surface area (Å²) in [5, 5.41) is 9.83. The molecule has 7 heteroatoms. The van der Waals surface area contributed by atoms with E-state index >= 15 is 0 Å². The van der Waals surface area contributed by atoms with Gasteiger partial charge in [-0.3, -0.25) is 14.7 Å². The third-order valence-corrected chi connectivity index (χ3v) is 5.35. The number of aromatic amines is 1. The number of fused-ring (bicyclic) bond motifs is 1. The highest BCUT2D eigenvalue weighted by atomic mass is 16.5. The van der Waals surface area contributed by atoms with Crippen LogP contribution in [0.1, 0.15) is 23.4 Å². The number of aryl methyl sites for hydroxylation is 2. The molecule has 0 aliphatic carbocycles. The molecule has 2 fully saturated rings. The first-order valence-electron chi connectivity index (χ1n) is 8.06. The molecule has 3 heterocycles. The first-order chi connectivity index (χ1) is 11.0. The number of carbonyl (C=O) groups is 2.